The molecule has 1 amide bonds. The molecule has 0 radical (unpaired) electrons. The van der Waals surface area contributed by atoms with Gasteiger partial charge in [0.2, 0.25) is 5.91 Å². The van der Waals surface area contributed by atoms with E-state index in [1.807, 2.05) is 31.0 Å². The highest BCUT2D eigenvalue weighted by Crippen LogP contribution is 2.25. The van der Waals surface area contributed by atoms with Gasteiger partial charge in [-0.15, -0.1) is 0 Å². The van der Waals surface area contributed by atoms with Crippen molar-refractivity contribution in [1.82, 2.24) is 15.1 Å². The molecule has 2 aliphatic heterocycles. The van der Waals surface area contributed by atoms with Gasteiger partial charge in [0.05, 0.1) is 12.1 Å². The number of hydrogen-bond donors (Lipinski definition) is 3. The number of rotatable bonds is 9. The highest BCUT2D eigenvalue weighted by Gasteiger charge is 2.29. The molecule has 1 fully saturated rings. The first kappa shape index (κ1) is 25.8. The first-order valence-corrected chi connectivity index (χ1v) is 11.8. The second-order valence-corrected chi connectivity index (χ2v) is 9.39. The number of nitrogens with zero attached hydrogens (tertiary/aromatic N) is 2. The van der Waals surface area contributed by atoms with Gasteiger partial charge in [0.1, 0.15) is 12.8 Å². The number of carbonyl (C=O) groups is 1. The maximum absolute atomic E-state index is 13.7. The summed E-state index contributed by atoms with van der Waals surface area (Å²) in [6.45, 7) is 3.46. The highest BCUT2D eigenvalue weighted by molar-refractivity contribution is 5.76. The van der Waals surface area contributed by atoms with Gasteiger partial charge in [-0.25, -0.2) is 4.39 Å². The van der Waals surface area contributed by atoms with Crippen LogP contribution >= 0.6 is 0 Å². The third kappa shape index (κ3) is 7.32. The zero-order chi connectivity index (χ0) is 24.0. The Morgan fingerprint density at radius 2 is 2.06 bits per heavy atom. The number of amides is 1. The maximum atomic E-state index is 13.7. The normalized spacial score (nSPS) is 26.0. The third-order valence-corrected chi connectivity index (χ3v) is 6.71. The molecular formula is C25H38FN3O4. The number of halogens is 1. The summed E-state index contributed by atoms with van der Waals surface area (Å²) in [6.07, 6.45) is 2.70. The molecule has 0 bridgehead atoms. The molecule has 0 spiro atoms. The number of alkyl halides is 1. The van der Waals surface area contributed by atoms with Gasteiger partial charge in [0.25, 0.3) is 0 Å². The fourth-order valence-electron chi connectivity index (χ4n) is 4.55. The molecule has 184 valence electrons. The number of nitrogens with one attached hydrogen (secondary N) is 1. The van der Waals surface area contributed by atoms with Crippen molar-refractivity contribution in [2.75, 3.05) is 40.4 Å². The standard InChI is InChI=1S/C25H38FN3O4/c1-17-14-21(15-24(31)33-17)29(3)13-10-23(30)27-22(16-26)25(32)20-6-4-18(5-7-20)19-8-11-28(2)12-9-19/h4-8,17,21-22,24-25,31-32H,9-16H2,1-3H3,(H,27,30)/t17-,21+,22-,24-,25-/m1/s1. The van der Waals surface area contributed by atoms with Gasteiger partial charge in [0.15, 0.2) is 6.29 Å². The second-order valence-electron chi connectivity index (χ2n) is 9.39. The fraction of sp³-hybridized carbons (Fsp3) is 0.640. The smallest absolute Gasteiger partial charge is 0.221 e. The quantitative estimate of drug-likeness (QED) is 0.520. The summed E-state index contributed by atoms with van der Waals surface area (Å²) in [4.78, 5) is 16.7. The van der Waals surface area contributed by atoms with E-state index in [0.717, 1.165) is 31.5 Å². The molecule has 2 heterocycles. The van der Waals surface area contributed by atoms with Crippen LogP contribution in [0.15, 0.2) is 30.3 Å². The summed E-state index contributed by atoms with van der Waals surface area (Å²) < 4.78 is 19.0. The number of aliphatic hydroxyl groups excluding tert-OH is 2. The van der Waals surface area contributed by atoms with Crippen LogP contribution < -0.4 is 5.32 Å². The average molecular weight is 464 g/mol. The second kappa shape index (κ2) is 12.0. The van der Waals surface area contributed by atoms with Crippen LogP contribution in [0.3, 0.4) is 0 Å². The monoisotopic (exact) mass is 463 g/mol. The van der Waals surface area contributed by atoms with Gasteiger partial charge < -0.3 is 30.1 Å². The number of aliphatic hydroxyl groups is 2. The molecule has 0 aliphatic carbocycles. The van der Waals surface area contributed by atoms with E-state index in [9.17, 15) is 19.4 Å². The van der Waals surface area contributed by atoms with Crippen molar-refractivity contribution < 1.29 is 24.1 Å². The number of benzene rings is 1. The number of likely N-dealkylation sites (N-methyl/N-ethyl adjacent to an activating group) is 1. The summed E-state index contributed by atoms with van der Waals surface area (Å²) in [5, 5.41) is 23.1. The summed E-state index contributed by atoms with van der Waals surface area (Å²) in [5.74, 6) is -0.308. The number of hydrogen-bond acceptors (Lipinski definition) is 6. The lowest BCUT2D eigenvalue weighted by molar-refractivity contribution is -0.173. The Hall–Kier alpha value is -1.84. The van der Waals surface area contributed by atoms with E-state index in [1.165, 1.54) is 5.57 Å². The zero-order valence-electron chi connectivity index (χ0n) is 19.9. The number of carbonyl (C=O) groups excluding carboxylic acids is 1. The molecule has 5 atom stereocenters. The van der Waals surface area contributed by atoms with Crippen LogP contribution in [-0.2, 0) is 9.53 Å². The van der Waals surface area contributed by atoms with E-state index in [0.29, 0.717) is 18.5 Å². The molecule has 0 saturated carbocycles. The largest absolute Gasteiger partial charge is 0.386 e. The topological polar surface area (TPSA) is 85.3 Å². The van der Waals surface area contributed by atoms with Gasteiger partial charge in [-0.3, -0.25) is 4.79 Å². The van der Waals surface area contributed by atoms with Gasteiger partial charge in [-0.1, -0.05) is 30.3 Å². The lowest BCUT2D eigenvalue weighted by Crippen LogP contribution is -2.45. The van der Waals surface area contributed by atoms with Crippen LogP contribution in [0.4, 0.5) is 4.39 Å². The molecule has 1 aromatic carbocycles. The molecule has 1 aromatic rings. The van der Waals surface area contributed by atoms with Crippen molar-refractivity contribution in [3.05, 3.63) is 41.5 Å². The van der Waals surface area contributed by atoms with Gasteiger partial charge in [-0.05, 0) is 50.6 Å². The summed E-state index contributed by atoms with van der Waals surface area (Å²) in [6, 6.07) is 6.63. The molecule has 1 saturated heterocycles. The van der Waals surface area contributed by atoms with E-state index < -0.39 is 25.1 Å². The molecule has 3 N–H and O–H groups in total. The average Bonchev–Trinajstić information content (AvgIpc) is 2.80. The van der Waals surface area contributed by atoms with Gasteiger partial charge in [-0.2, -0.15) is 0 Å². The van der Waals surface area contributed by atoms with E-state index in [-0.39, 0.29) is 24.5 Å². The van der Waals surface area contributed by atoms with E-state index in [4.69, 9.17) is 4.74 Å². The molecule has 0 unspecified atom stereocenters. The molecule has 3 rings (SSSR count). The summed E-state index contributed by atoms with van der Waals surface area (Å²) in [5.41, 5.74) is 2.97. The zero-order valence-corrected chi connectivity index (χ0v) is 19.9. The van der Waals surface area contributed by atoms with Crippen molar-refractivity contribution >= 4 is 11.5 Å². The van der Waals surface area contributed by atoms with Crippen molar-refractivity contribution in [3.8, 4) is 0 Å². The van der Waals surface area contributed by atoms with Crippen molar-refractivity contribution in [2.24, 2.45) is 0 Å². The van der Waals surface area contributed by atoms with Crippen LogP contribution in [0.5, 0.6) is 0 Å². The summed E-state index contributed by atoms with van der Waals surface area (Å²) >= 11 is 0. The van der Waals surface area contributed by atoms with Crippen molar-refractivity contribution in [1.29, 1.82) is 0 Å². The van der Waals surface area contributed by atoms with Gasteiger partial charge >= 0.3 is 0 Å². The SMILES string of the molecule is C[C@@H]1C[C@H](N(C)CCC(=O)N[C@H](CF)[C@H](O)c2ccc(C3=CCN(C)CC3)cc2)C[C@H](O)O1. The Labute approximate surface area is 196 Å². The first-order valence-electron chi connectivity index (χ1n) is 11.8. The Morgan fingerprint density at radius 1 is 1.33 bits per heavy atom. The van der Waals surface area contributed by atoms with Crippen LogP contribution in [0, 0.1) is 0 Å². The molecule has 2 aliphatic rings. The van der Waals surface area contributed by atoms with E-state index >= 15 is 0 Å². The fourth-order valence-corrected chi connectivity index (χ4v) is 4.55. The minimum absolute atomic E-state index is 0.0387. The minimum atomic E-state index is -1.12. The predicted octanol–water partition coefficient (Wildman–Crippen LogP) is 2.10. The predicted molar refractivity (Wildman–Crippen MR) is 126 cm³/mol. The molecule has 8 heteroatoms. The van der Waals surface area contributed by atoms with Crippen molar-refractivity contribution in [2.45, 2.75) is 63.2 Å². The van der Waals surface area contributed by atoms with Crippen LogP contribution in [-0.4, -0.2) is 90.8 Å². The lowest BCUT2D eigenvalue weighted by atomic mass is 9.96. The third-order valence-electron chi connectivity index (χ3n) is 6.71. The van der Waals surface area contributed by atoms with Gasteiger partial charge in [0, 0.05) is 38.5 Å². The highest BCUT2D eigenvalue weighted by atomic mass is 19.1. The van der Waals surface area contributed by atoms with Crippen molar-refractivity contribution in [3.63, 3.8) is 0 Å². The minimum Gasteiger partial charge on any atom is -0.386 e. The molecular weight excluding hydrogens is 425 g/mol. The molecule has 33 heavy (non-hydrogen) atoms. The van der Waals surface area contributed by atoms with Crippen LogP contribution in [0.25, 0.3) is 5.57 Å². The Balaban J connectivity index is 1.50. The van der Waals surface area contributed by atoms with Crippen LogP contribution in [0.2, 0.25) is 0 Å². The summed E-state index contributed by atoms with van der Waals surface area (Å²) in [7, 11) is 4.00. The maximum Gasteiger partial charge on any atom is 0.221 e. The number of ether oxygens (including phenoxy) is 1. The molecule has 0 aromatic heterocycles. The van der Waals surface area contributed by atoms with E-state index in [2.05, 4.69) is 23.3 Å². The lowest BCUT2D eigenvalue weighted by Gasteiger charge is -2.36. The molecule has 7 nitrogen and oxygen atoms in total. The van der Waals surface area contributed by atoms with Crippen LogP contribution in [0.1, 0.15) is 49.8 Å². The Kier molecular flexibility index (Phi) is 9.40. The first-order chi connectivity index (χ1) is 15.8. The van der Waals surface area contributed by atoms with E-state index in [1.54, 1.807) is 12.1 Å². The Bertz CT molecular complexity index is 793. The Morgan fingerprint density at radius 3 is 2.67 bits per heavy atom.